The lowest BCUT2D eigenvalue weighted by atomic mass is 9.98. The Bertz CT molecular complexity index is 513. The number of nitrogen functional groups attached to an aromatic ring is 1. The zero-order valence-electron chi connectivity index (χ0n) is 11.2. The first kappa shape index (κ1) is 14.0. The van der Waals surface area contributed by atoms with Gasteiger partial charge in [0, 0.05) is 5.56 Å². The number of nitrogens with two attached hydrogens (primary N) is 1. The van der Waals surface area contributed by atoms with Crippen molar-refractivity contribution in [2.75, 3.05) is 0 Å². The summed E-state index contributed by atoms with van der Waals surface area (Å²) in [5.41, 5.74) is 9.68. The molecule has 0 saturated heterocycles. The van der Waals surface area contributed by atoms with E-state index >= 15 is 0 Å². The van der Waals surface area contributed by atoms with Crippen LogP contribution in [0.4, 0.5) is 0 Å². The molecule has 2 aromatic carbocycles. The third-order valence-electron chi connectivity index (χ3n) is 2.58. The van der Waals surface area contributed by atoms with Crippen molar-refractivity contribution >= 4 is 5.84 Å². The molecular weight excluding hydrogens is 220 g/mol. The Kier molecular flexibility index (Phi) is 5.12. The quantitative estimate of drug-likeness (QED) is 0.605. The van der Waals surface area contributed by atoms with E-state index in [0.29, 0.717) is 0 Å². The molecule has 0 unspecified atom stereocenters. The minimum atomic E-state index is 0.108. The maximum Gasteiger partial charge on any atom is 0.123 e. The number of nitrogens with one attached hydrogen (secondary N) is 1. The number of rotatable bonds is 2. The Morgan fingerprint density at radius 3 is 2.06 bits per heavy atom. The van der Waals surface area contributed by atoms with Crippen LogP contribution in [0.3, 0.4) is 0 Å². The molecule has 0 spiro atoms. The van der Waals surface area contributed by atoms with E-state index in [2.05, 4.69) is 31.2 Å². The number of hydrogen-bond donors (Lipinski definition) is 2. The second-order valence-corrected chi connectivity index (χ2v) is 3.83. The van der Waals surface area contributed by atoms with Gasteiger partial charge in [-0.1, -0.05) is 67.9 Å². The topological polar surface area (TPSA) is 49.9 Å². The summed E-state index contributed by atoms with van der Waals surface area (Å²) in [5, 5.41) is 7.55. The van der Waals surface area contributed by atoms with Gasteiger partial charge in [0.15, 0.2) is 0 Å². The molecular formula is C16H20N2. The first-order chi connectivity index (χ1) is 8.68. The maximum atomic E-state index is 7.55. The SMILES string of the molecule is CC.Cc1ccc(-c2ccccc2C(=N)N)cc1. The summed E-state index contributed by atoms with van der Waals surface area (Å²) in [4.78, 5) is 0. The molecule has 0 radical (unpaired) electrons. The fourth-order valence-corrected chi connectivity index (χ4v) is 1.70. The van der Waals surface area contributed by atoms with Gasteiger partial charge in [-0.25, -0.2) is 0 Å². The van der Waals surface area contributed by atoms with Gasteiger partial charge in [0.1, 0.15) is 5.84 Å². The van der Waals surface area contributed by atoms with Crippen LogP contribution >= 0.6 is 0 Å². The summed E-state index contributed by atoms with van der Waals surface area (Å²) < 4.78 is 0. The average molecular weight is 240 g/mol. The molecule has 3 N–H and O–H groups in total. The van der Waals surface area contributed by atoms with Gasteiger partial charge in [0.25, 0.3) is 0 Å². The molecule has 18 heavy (non-hydrogen) atoms. The van der Waals surface area contributed by atoms with Gasteiger partial charge in [-0.05, 0) is 18.1 Å². The van der Waals surface area contributed by atoms with E-state index in [1.807, 2.05) is 38.1 Å². The van der Waals surface area contributed by atoms with Gasteiger partial charge in [-0.2, -0.15) is 0 Å². The lowest BCUT2D eigenvalue weighted by Crippen LogP contribution is -2.12. The summed E-state index contributed by atoms with van der Waals surface area (Å²) >= 11 is 0. The lowest BCUT2D eigenvalue weighted by Gasteiger charge is -2.08. The molecule has 2 aromatic rings. The zero-order valence-corrected chi connectivity index (χ0v) is 11.2. The van der Waals surface area contributed by atoms with Crippen molar-refractivity contribution in [3.63, 3.8) is 0 Å². The predicted molar refractivity (Wildman–Crippen MR) is 79.0 cm³/mol. The standard InChI is InChI=1S/C14H14N2.C2H6/c1-10-6-8-11(9-7-10)12-4-2-3-5-13(12)14(15)16;1-2/h2-9H,1H3,(H3,15,16);1-2H3. The van der Waals surface area contributed by atoms with Crippen LogP contribution in [0.5, 0.6) is 0 Å². The molecule has 2 rings (SSSR count). The first-order valence-corrected chi connectivity index (χ1v) is 6.19. The molecule has 2 heteroatoms. The fraction of sp³-hybridized carbons (Fsp3) is 0.188. The third-order valence-corrected chi connectivity index (χ3v) is 2.58. The Balaban J connectivity index is 0.000000771. The smallest absolute Gasteiger partial charge is 0.123 e. The minimum absolute atomic E-state index is 0.108. The van der Waals surface area contributed by atoms with Crippen molar-refractivity contribution in [1.29, 1.82) is 5.41 Å². The Morgan fingerprint density at radius 2 is 1.50 bits per heavy atom. The van der Waals surface area contributed by atoms with E-state index < -0.39 is 0 Å². The summed E-state index contributed by atoms with van der Waals surface area (Å²) in [6, 6.07) is 15.9. The largest absolute Gasteiger partial charge is 0.384 e. The highest BCUT2D eigenvalue weighted by Gasteiger charge is 2.05. The van der Waals surface area contributed by atoms with E-state index in [9.17, 15) is 0 Å². The number of aryl methyl sites for hydroxylation is 1. The van der Waals surface area contributed by atoms with E-state index in [0.717, 1.165) is 16.7 Å². The molecule has 0 aromatic heterocycles. The molecule has 0 atom stereocenters. The molecule has 2 nitrogen and oxygen atoms in total. The van der Waals surface area contributed by atoms with Crippen molar-refractivity contribution in [1.82, 2.24) is 0 Å². The van der Waals surface area contributed by atoms with Gasteiger partial charge < -0.3 is 5.73 Å². The maximum absolute atomic E-state index is 7.55. The Morgan fingerprint density at radius 1 is 0.944 bits per heavy atom. The van der Waals surface area contributed by atoms with Gasteiger partial charge >= 0.3 is 0 Å². The van der Waals surface area contributed by atoms with Crippen LogP contribution in [0.2, 0.25) is 0 Å². The first-order valence-electron chi connectivity index (χ1n) is 6.19. The van der Waals surface area contributed by atoms with Crippen LogP contribution in [0.15, 0.2) is 48.5 Å². The second-order valence-electron chi connectivity index (χ2n) is 3.83. The summed E-state index contributed by atoms with van der Waals surface area (Å²) in [6.07, 6.45) is 0. The molecule has 0 saturated carbocycles. The van der Waals surface area contributed by atoms with Gasteiger partial charge in [0.05, 0.1) is 0 Å². The molecule has 0 fully saturated rings. The monoisotopic (exact) mass is 240 g/mol. The highest BCUT2D eigenvalue weighted by atomic mass is 14.7. The van der Waals surface area contributed by atoms with E-state index in [4.69, 9.17) is 11.1 Å². The van der Waals surface area contributed by atoms with Crippen molar-refractivity contribution in [2.24, 2.45) is 5.73 Å². The van der Waals surface area contributed by atoms with Crippen LogP contribution in [-0.2, 0) is 0 Å². The third kappa shape index (κ3) is 3.20. The molecule has 0 amide bonds. The van der Waals surface area contributed by atoms with Crippen molar-refractivity contribution < 1.29 is 0 Å². The van der Waals surface area contributed by atoms with Crippen LogP contribution in [0.1, 0.15) is 25.0 Å². The number of amidine groups is 1. The van der Waals surface area contributed by atoms with Gasteiger partial charge in [0.2, 0.25) is 0 Å². The molecule has 94 valence electrons. The normalized spacial score (nSPS) is 9.28. The molecule has 0 aliphatic rings. The van der Waals surface area contributed by atoms with Crippen molar-refractivity contribution in [3.8, 4) is 11.1 Å². The molecule has 0 aliphatic carbocycles. The summed E-state index contributed by atoms with van der Waals surface area (Å²) in [5.74, 6) is 0.108. The van der Waals surface area contributed by atoms with E-state index in [-0.39, 0.29) is 5.84 Å². The average Bonchev–Trinajstić information content (AvgIpc) is 2.42. The van der Waals surface area contributed by atoms with Crippen LogP contribution in [-0.4, -0.2) is 5.84 Å². The summed E-state index contributed by atoms with van der Waals surface area (Å²) in [7, 11) is 0. The number of hydrogen-bond acceptors (Lipinski definition) is 1. The Labute approximate surface area is 109 Å². The highest BCUT2D eigenvalue weighted by Crippen LogP contribution is 2.23. The van der Waals surface area contributed by atoms with Gasteiger partial charge in [-0.15, -0.1) is 0 Å². The summed E-state index contributed by atoms with van der Waals surface area (Å²) in [6.45, 7) is 6.06. The van der Waals surface area contributed by atoms with Crippen molar-refractivity contribution in [2.45, 2.75) is 20.8 Å². The van der Waals surface area contributed by atoms with Crippen LogP contribution < -0.4 is 5.73 Å². The predicted octanol–water partition coefficient (Wildman–Crippen LogP) is 3.97. The number of benzene rings is 2. The van der Waals surface area contributed by atoms with Crippen LogP contribution in [0, 0.1) is 12.3 Å². The highest BCUT2D eigenvalue weighted by molar-refractivity contribution is 6.01. The Hall–Kier alpha value is -2.09. The van der Waals surface area contributed by atoms with E-state index in [1.54, 1.807) is 0 Å². The fourth-order valence-electron chi connectivity index (χ4n) is 1.70. The molecule has 0 heterocycles. The lowest BCUT2D eigenvalue weighted by molar-refractivity contribution is 1.42. The van der Waals surface area contributed by atoms with Crippen LogP contribution in [0.25, 0.3) is 11.1 Å². The van der Waals surface area contributed by atoms with Gasteiger partial charge in [-0.3, -0.25) is 5.41 Å². The van der Waals surface area contributed by atoms with Crippen molar-refractivity contribution in [3.05, 3.63) is 59.7 Å². The minimum Gasteiger partial charge on any atom is -0.384 e. The zero-order chi connectivity index (χ0) is 13.5. The molecule has 0 bridgehead atoms. The molecule has 0 aliphatic heterocycles. The van der Waals surface area contributed by atoms with E-state index in [1.165, 1.54) is 5.56 Å². The second kappa shape index (κ2) is 6.60.